The molecule has 1 aliphatic heterocycles. The van der Waals surface area contributed by atoms with E-state index in [1.165, 1.54) is 0 Å². The largest absolute Gasteiger partial charge is 0.347 e. The second kappa shape index (κ2) is 3.51. The summed E-state index contributed by atoms with van der Waals surface area (Å²) in [6, 6.07) is 0. The number of ether oxygens (including phenoxy) is 2. The summed E-state index contributed by atoms with van der Waals surface area (Å²) >= 11 is 4.94. The molecule has 1 fully saturated rings. The van der Waals surface area contributed by atoms with E-state index >= 15 is 0 Å². The van der Waals surface area contributed by atoms with E-state index < -0.39 is 5.79 Å². The minimum atomic E-state index is -0.573. The van der Waals surface area contributed by atoms with Crippen LogP contribution in [0.4, 0.5) is 0 Å². The highest BCUT2D eigenvalue weighted by Crippen LogP contribution is 2.32. The van der Waals surface area contributed by atoms with Crippen LogP contribution in [-0.4, -0.2) is 29.0 Å². The predicted molar refractivity (Wildman–Crippen MR) is 58.9 cm³/mol. The van der Waals surface area contributed by atoms with Crippen LogP contribution in [0.2, 0.25) is 0 Å². The number of nitrogens with one attached hydrogen (secondary N) is 2. The Morgan fingerprint density at radius 1 is 1.25 bits per heavy atom. The number of fused-ring (bicyclic) bond motifs is 1. The maximum atomic E-state index is 11.8. The quantitative estimate of drug-likeness (QED) is 0.654. The second-order valence-electron chi connectivity index (χ2n) is 4.15. The van der Waals surface area contributed by atoms with Gasteiger partial charge in [-0.3, -0.25) is 9.78 Å². The molecule has 5 nitrogen and oxygen atoms in total. The van der Waals surface area contributed by atoms with Gasteiger partial charge in [0.1, 0.15) is 0 Å². The average molecular weight is 240 g/mol. The number of H-pyrrole nitrogens is 2. The molecule has 0 atom stereocenters. The van der Waals surface area contributed by atoms with E-state index in [1.807, 2.05) is 0 Å². The minimum Gasteiger partial charge on any atom is -0.347 e. The second-order valence-corrected chi connectivity index (χ2v) is 4.56. The van der Waals surface area contributed by atoms with Crippen LogP contribution in [0.15, 0.2) is 4.79 Å². The van der Waals surface area contributed by atoms with Crippen LogP contribution < -0.4 is 5.56 Å². The number of aryl methyl sites for hydroxylation is 1. The van der Waals surface area contributed by atoms with Gasteiger partial charge in [0.05, 0.1) is 13.2 Å². The molecule has 2 heterocycles. The lowest BCUT2D eigenvalue weighted by Gasteiger charge is -2.31. The van der Waals surface area contributed by atoms with Crippen LogP contribution in [0.5, 0.6) is 0 Å². The molecule has 86 valence electrons. The Bertz CT molecular complexity index is 528. The third kappa shape index (κ3) is 1.53. The Kier molecular flexibility index (Phi) is 2.24. The standard InChI is InChI=1S/C10H12N2O3S/c13-8-6-5-10(14-3-4-15-10)2-1-7(6)11-9(16)12-8/h1-5H2,(H2,11,12,13,16). The Balaban J connectivity index is 2.06. The van der Waals surface area contributed by atoms with Crippen molar-refractivity contribution in [3.8, 4) is 0 Å². The molecular formula is C10H12N2O3S. The van der Waals surface area contributed by atoms with Gasteiger partial charge in [-0.2, -0.15) is 0 Å². The minimum absolute atomic E-state index is 0.128. The first-order valence-corrected chi connectivity index (χ1v) is 5.72. The zero-order valence-corrected chi connectivity index (χ0v) is 9.49. The molecule has 0 saturated carbocycles. The first-order valence-electron chi connectivity index (χ1n) is 5.31. The molecule has 16 heavy (non-hydrogen) atoms. The molecule has 2 aliphatic rings. The lowest BCUT2D eigenvalue weighted by atomic mass is 9.91. The Morgan fingerprint density at radius 2 is 2.00 bits per heavy atom. The highest BCUT2D eigenvalue weighted by molar-refractivity contribution is 7.71. The van der Waals surface area contributed by atoms with Crippen molar-refractivity contribution in [1.29, 1.82) is 0 Å². The van der Waals surface area contributed by atoms with Crippen molar-refractivity contribution in [3.05, 3.63) is 26.4 Å². The summed E-state index contributed by atoms with van der Waals surface area (Å²) in [6.07, 6.45) is 2.02. The van der Waals surface area contributed by atoms with Gasteiger partial charge in [-0.05, 0) is 18.6 Å². The summed E-state index contributed by atoms with van der Waals surface area (Å²) in [4.78, 5) is 17.4. The highest BCUT2D eigenvalue weighted by Gasteiger charge is 2.41. The fourth-order valence-corrected chi connectivity index (χ4v) is 2.59. The molecule has 3 rings (SSSR count). The van der Waals surface area contributed by atoms with Gasteiger partial charge >= 0.3 is 0 Å². The Morgan fingerprint density at radius 3 is 2.75 bits per heavy atom. The Labute approximate surface area is 96.8 Å². The molecular weight excluding hydrogens is 228 g/mol. The third-order valence-electron chi connectivity index (χ3n) is 3.15. The third-order valence-corrected chi connectivity index (χ3v) is 3.35. The maximum Gasteiger partial charge on any atom is 0.255 e. The molecule has 0 unspecified atom stereocenters. The summed E-state index contributed by atoms with van der Waals surface area (Å²) in [6.45, 7) is 1.21. The Hall–Kier alpha value is -0.980. The van der Waals surface area contributed by atoms with Gasteiger partial charge in [-0.1, -0.05) is 0 Å². The zero-order chi connectivity index (χ0) is 11.2. The lowest BCUT2D eigenvalue weighted by Crippen LogP contribution is -2.40. The van der Waals surface area contributed by atoms with Crippen LogP contribution in [0.1, 0.15) is 17.7 Å². The summed E-state index contributed by atoms with van der Waals surface area (Å²) in [5.74, 6) is -0.573. The molecule has 6 heteroatoms. The molecule has 0 amide bonds. The topological polar surface area (TPSA) is 67.1 Å². The highest BCUT2D eigenvalue weighted by atomic mass is 32.1. The van der Waals surface area contributed by atoms with Crippen molar-refractivity contribution in [3.63, 3.8) is 0 Å². The average Bonchev–Trinajstić information content (AvgIpc) is 2.68. The monoisotopic (exact) mass is 240 g/mol. The van der Waals surface area contributed by atoms with Crippen LogP contribution in [-0.2, 0) is 22.3 Å². The van der Waals surface area contributed by atoms with Crippen molar-refractivity contribution < 1.29 is 9.47 Å². The number of hydrogen-bond acceptors (Lipinski definition) is 4. The van der Waals surface area contributed by atoms with E-state index in [2.05, 4.69) is 9.97 Å². The van der Waals surface area contributed by atoms with E-state index in [1.54, 1.807) is 0 Å². The number of rotatable bonds is 0. The van der Waals surface area contributed by atoms with Gasteiger partial charge in [0.2, 0.25) is 0 Å². The lowest BCUT2D eigenvalue weighted by molar-refractivity contribution is -0.164. The van der Waals surface area contributed by atoms with Gasteiger partial charge in [-0.15, -0.1) is 0 Å². The smallest absolute Gasteiger partial charge is 0.255 e. The van der Waals surface area contributed by atoms with Crippen molar-refractivity contribution in [2.75, 3.05) is 13.2 Å². The summed E-state index contributed by atoms with van der Waals surface area (Å²) in [5, 5.41) is 0. The molecule has 2 N–H and O–H groups in total. The number of aromatic nitrogens is 2. The SMILES string of the molecule is O=c1[nH]c(=S)[nH]c2c1CC1(CC2)OCCO1. The summed E-state index contributed by atoms with van der Waals surface area (Å²) < 4.78 is 11.6. The van der Waals surface area contributed by atoms with Crippen LogP contribution in [0, 0.1) is 4.77 Å². The summed E-state index contributed by atoms with van der Waals surface area (Å²) in [7, 11) is 0. The molecule has 0 aromatic carbocycles. The predicted octanol–water partition coefficient (Wildman–Crippen LogP) is 0.664. The molecule has 1 aromatic rings. The van der Waals surface area contributed by atoms with Crippen LogP contribution in [0.25, 0.3) is 0 Å². The van der Waals surface area contributed by atoms with Gasteiger partial charge < -0.3 is 14.5 Å². The van der Waals surface area contributed by atoms with Crippen molar-refractivity contribution in [2.24, 2.45) is 0 Å². The fourth-order valence-electron chi connectivity index (χ4n) is 2.38. The van der Waals surface area contributed by atoms with Crippen molar-refractivity contribution in [1.82, 2.24) is 9.97 Å². The van der Waals surface area contributed by atoms with Gasteiger partial charge in [0, 0.05) is 24.1 Å². The number of hydrogen-bond donors (Lipinski definition) is 2. The molecule has 0 radical (unpaired) electrons. The van der Waals surface area contributed by atoms with E-state index in [-0.39, 0.29) is 5.56 Å². The molecule has 1 aliphatic carbocycles. The van der Waals surface area contributed by atoms with Crippen LogP contribution >= 0.6 is 12.2 Å². The molecule has 1 aromatic heterocycles. The van der Waals surface area contributed by atoms with E-state index in [0.717, 1.165) is 18.5 Å². The first kappa shape index (κ1) is 10.2. The van der Waals surface area contributed by atoms with Gasteiger partial charge in [0.15, 0.2) is 10.6 Å². The fraction of sp³-hybridized carbons (Fsp3) is 0.600. The van der Waals surface area contributed by atoms with Crippen molar-refractivity contribution in [2.45, 2.75) is 25.0 Å². The molecule has 1 saturated heterocycles. The molecule has 1 spiro atoms. The van der Waals surface area contributed by atoms with E-state index in [9.17, 15) is 4.79 Å². The maximum absolute atomic E-state index is 11.8. The molecule has 0 bridgehead atoms. The van der Waals surface area contributed by atoms with Crippen molar-refractivity contribution >= 4 is 12.2 Å². The van der Waals surface area contributed by atoms with Gasteiger partial charge in [-0.25, -0.2) is 0 Å². The van der Waals surface area contributed by atoms with Crippen LogP contribution in [0.3, 0.4) is 0 Å². The normalized spacial score (nSPS) is 22.2. The van der Waals surface area contributed by atoms with E-state index in [4.69, 9.17) is 21.7 Å². The number of aromatic amines is 2. The van der Waals surface area contributed by atoms with Gasteiger partial charge in [0.25, 0.3) is 5.56 Å². The van der Waals surface area contributed by atoms with E-state index in [0.29, 0.717) is 30.0 Å². The zero-order valence-electron chi connectivity index (χ0n) is 8.67. The summed E-state index contributed by atoms with van der Waals surface area (Å²) in [5.41, 5.74) is 1.50. The first-order chi connectivity index (χ1) is 7.69.